The summed E-state index contributed by atoms with van der Waals surface area (Å²) in [7, 11) is 0. The molecule has 0 unspecified atom stereocenters. The van der Waals surface area contributed by atoms with Crippen molar-refractivity contribution in [3.63, 3.8) is 0 Å². The van der Waals surface area contributed by atoms with Crippen molar-refractivity contribution in [2.45, 2.75) is 31.2 Å². The first-order valence-corrected chi connectivity index (χ1v) is 4.50. The number of carboxylic acid groups (broad SMARTS) is 1. The van der Waals surface area contributed by atoms with Crippen molar-refractivity contribution in [1.82, 2.24) is 5.32 Å². The van der Waals surface area contributed by atoms with Gasteiger partial charge in [0.2, 0.25) is 0 Å². The van der Waals surface area contributed by atoms with E-state index in [2.05, 4.69) is 0 Å². The van der Waals surface area contributed by atoms with Gasteiger partial charge in [0, 0.05) is 6.04 Å². The summed E-state index contributed by atoms with van der Waals surface area (Å²) in [6.07, 6.45) is -4.87. The van der Waals surface area contributed by atoms with E-state index in [1.165, 1.54) is 0 Å². The average Bonchev–Trinajstić information content (AvgIpc) is 2.05. The number of carbonyl (C=O) groups is 2. The standard InChI is InChI=1S/C8H10F3NO4/c9-8(10,11)7(15)12-4-1-5(2-4)16-3-6(13)14/h4-5H,1-3H2,(H,12,15)(H,13,14). The molecule has 8 heteroatoms. The van der Waals surface area contributed by atoms with Crippen LogP contribution in [0.25, 0.3) is 0 Å². The van der Waals surface area contributed by atoms with Crippen molar-refractivity contribution in [3.8, 4) is 0 Å². The number of amides is 1. The second kappa shape index (κ2) is 4.69. The summed E-state index contributed by atoms with van der Waals surface area (Å²) in [5.41, 5.74) is 0. The Labute approximate surface area is 88.6 Å². The fraction of sp³-hybridized carbons (Fsp3) is 0.750. The number of hydrogen-bond acceptors (Lipinski definition) is 3. The van der Waals surface area contributed by atoms with Gasteiger partial charge in [-0.1, -0.05) is 0 Å². The third-order valence-electron chi connectivity index (χ3n) is 2.13. The highest BCUT2D eigenvalue weighted by Gasteiger charge is 2.42. The lowest BCUT2D eigenvalue weighted by Crippen LogP contribution is -2.51. The number of hydrogen-bond donors (Lipinski definition) is 2. The van der Waals surface area contributed by atoms with Gasteiger partial charge in [-0.05, 0) is 12.8 Å². The zero-order valence-corrected chi connectivity index (χ0v) is 8.08. The first-order chi connectivity index (χ1) is 7.29. The maximum absolute atomic E-state index is 11.8. The zero-order chi connectivity index (χ0) is 12.3. The van der Waals surface area contributed by atoms with Gasteiger partial charge < -0.3 is 15.2 Å². The Morgan fingerprint density at radius 2 is 1.94 bits per heavy atom. The normalized spacial score (nSPS) is 24.7. The van der Waals surface area contributed by atoms with Crippen LogP contribution in [0, 0.1) is 0 Å². The number of rotatable bonds is 4. The lowest BCUT2D eigenvalue weighted by Gasteiger charge is -2.35. The number of carbonyl (C=O) groups excluding carboxylic acids is 1. The lowest BCUT2D eigenvalue weighted by atomic mass is 9.89. The summed E-state index contributed by atoms with van der Waals surface area (Å²) in [6, 6.07) is -0.590. The second-order valence-corrected chi connectivity index (χ2v) is 3.47. The Balaban J connectivity index is 2.17. The number of nitrogens with one attached hydrogen (secondary N) is 1. The number of carboxylic acids is 1. The van der Waals surface area contributed by atoms with Crippen molar-refractivity contribution in [2.75, 3.05) is 6.61 Å². The number of halogens is 3. The quantitative estimate of drug-likeness (QED) is 0.742. The molecule has 0 atom stereocenters. The topological polar surface area (TPSA) is 75.6 Å². The van der Waals surface area contributed by atoms with Crippen molar-refractivity contribution in [1.29, 1.82) is 0 Å². The predicted octanol–water partition coefficient (Wildman–Crippen LogP) is 0.297. The molecule has 0 heterocycles. The molecule has 5 nitrogen and oxygen atoms in total. The van der Waals surface area contributed by atoms with Crippen molar-refractivity contribution in [2.24, 2.45) is 0 Å². The third kappa shape index (κ3) is 3.69. The Hall–Kier alpha value is -1.31. The van der Waals surface area contributed by atoms with Gasteiger partial charge in [-0.25, -0.2) is 4.79 Å². The molecule has 1 saturated carbocycles. The SMILES string of the molecule is O=C(O)COC1CC(NC(=O)C(F)(F)F)C1. The smallest absolute Gasteiger partial charge is 0.471 e. The van der Waals surface area contributed by atoms with Gasteiger partial charge in [-0.15, -0.1) is 0 Å². The van der Waals surface area contributed by atoms with Crippen LogP contribution in [-0.2, 0) is 14.3 Å². The van der Waals surface area contributed by atoms with Gasteiger partial charge >= 0.3 is 18.1 Å². The van der Waals surface area contributed by atoms with Crippen LogP contribution < -0.4 is 5.32 Å². The second-order valence-electron chi connectivity index (χ2n) is 3.47. The van der Waals surface area contributed by atoms with Crippen LogP contribution in [-0.4, -0.2) is 41.9 Å². The molecule has 0 aromatic carbocycles. The van der Waals surface area contributed by atoms with Crippen LogP contribution in [0.2, 0.25) is 0 Å². The fourth-order valence-electron chi connectivity index (χ4n) is 1.28. The summed E-state index contributed by atoms with van der Waals surface area (Å²) < 4.78 is 40.2. The molecule has 0 aliphatic heterocycles. The zero-order valence-electron chi connectivity index (χ0n) is 8.08. The molecule has 1 fully saturated rings. The Kier molecular flexibility index (Phi) is 3.74. The number of aliphatic carboxylic acids is 1. The highest BCUT2D eigenvalue weighted by molar-refractivity contribution is 5.82. The molecular weight excluding hydrogens is 231 g/mol. The molecule has 0 saturated heterocycles. The molecule has 0 aromatic rings. The largest absolute Gasteiger partial charge is 0.480 e. The molecular formula is C8H10F3NO4. The lowest BCUT2D eigenvalue weighted by molar-refractivity contribution is -0.176. The molecule has 16 heavy (non-hydrogen) atoms. The van der Waals surface area contributed by atoms with Crippen LogP contribution in [0.1, 0.15) is 12.8 Å². The predicted molar refractivity (Wildman–Crippen MR) is 44.6 cm³/mol. The van der Waals surface area contributed by atoms with E-state index in [0.29, 0.717) is 0 Å². The van der Waals surface area contributed by atoms with Crippen LogP contribution in [0.5, 0.6) is 0 Å². The van der Waals surface area contributed by atoms with E-state index in [9.17, 15) is 22.8 Å². The molecule has 0 spiro atoms. The summed E-state index contributed by atoms with van der Waals surface area (Å²) in [5.74, 6) is -3.11. The molecule has 0 aromatic heterocycles. The van der Waals surface area contributed by atoms with E-state index in [1.807, 2.05) is 0 Å². The van der Waals surface area contributed by atoms with Crippen molar-refractivity contribution in [3.05, 3.63) is 0 Å². The van der Waals surface area contributed by atoms with Gasteiger partial charge in [-0.3, -0.25) is 4.79 Å². The number of ether oxygens (including phenoxy) is 1. The summed E-state index contributed by atoms with van der Waals surface area (Å²) in [5, 5.41) is 10.0. The van der Waals surface area contributed by atoms with Crippen LogP contribution >= 0.6 is 0 Å². The van der Waals surface area contributed by atoms with E-state index in [-0.39, 0.29) is 12.8 Å². The van der Waals surface area contributed by atoms with E-state index in [0.717, 1.165) is 0 Å². The van der Waals surface area contributed by atoms with E-state index < -0.39 is 36.8 Å². The summed E-state index contributed by atoms with van der Waals surface area (Å²) in [4.78, 5) is 20.6. The molecule has 1 aliphatic carbocycles. The summed E-state index contributed by atoms with van der Waals surface area (Å²) >= 11 is 0. The van der Waals surface area contributed by atoms with Crippen molar-refractivity contribution < 1.29 is 32.6 Å². The van der Waals surface area contributed by atoms with Gasteiger partial charge in [0.15, 0.2) is 0 Å². The van der Waals surface area contributed by atoms with Gasteiger partial charge in [-0.2, -0.15) is 13.2 Å². The molecule has 1 aliphatic rings. The third-order valence-corrected chi connectivity index (χ3v) is 2.13. The Morgan fingerprint density at radius 1 is 1.38 bits per heavy atom. The number of alkyl halides is 3. The van der Waals surface area contributed by atoms with Crippen LogP contribution in [0.4, 0.5) is 13.2 Å². The summed E-state index contributed by atoms with van der Waals surface area (Å²) in [6.45, 7) is -0.482. The van der Waals surface area contributed by atoms with Crippen LogP contribution in [0.15, 0.2) is 0 Å². The fourth-order valence-corrected chi connectivity index (χ4v) is 1.28. The van der Waals surface area contributed by atoms with E-state index in [4.69, 9.17) is 9.84 Å². The minimum atomic E-state index is -4.88. The minimum absolute atomic E-state index is 0.203. The highest BCUT2D eigenvalue weighted by atomic mass is 19.4. The highest BCUT2D eigenvalue weighted by Crippen LogP contribution is 2.25. The maximum Gasteiger partial charge on any atom is 0.471 e. The first kappa shape index (κ1) is 12.8. The van der Waals surface area contributed by atoms with Gasteiger partial charge in [0.25, 0.3) is 0 Å². The van der Waals surface area contributed by atoms with Crippen molar-refractivity contribution >= 4 is 11.9 Å². The van der Waals surface area contributed by atoms with Gasteiger partial charge in [0.1, 0.15) is 6.61 Å². The maximum atomic E-state index is 11.8. The molecule has 1 rings (SSSR count). The van der Waals surface area contributed by atoms with Gasteiger partial charge in [0.05, 0.1) is 6.10 Å². The van der Waals surface area contributed by atoms with E-state index in [1.54, 1.807) is 5.32 Å². The molecule has 0 bridgehead atoms. The first-order valence-electron chi connectivity index (χ1n) is 4.50. The molecule has 1 amide bonds. The Morgan fingerprint density at radius 3 is 2.38 bits per heavy atom. The Bertz CT molecular complexity index is 285. The van der Waals surface area contributed by atoms with E-state index >= 15 is 0 Å². The molecule has 2 N–H and O–H groups in total. The molecule has 0 radical (unpaired) electrons. The van der Waals surface area contributed by atoms with Crippen LogP contribution in [0.3, 0.4) is 0 Å². The molecule has 92 valence electrons. The monoisotopic (exact) mass is 241 g/mol. The minimum Gasteiger partial charge on any atom is -0.480 e. The average molecular weight is 241 g/mol.